The van der Waals surface area contributed by atoms with E-state index in [2.05, 4.69) is 19.6 Å². The van der Waals surface area contributed by atoms with Crippen molar-refractivity contribution in [2.24, 2.45) is 5.92 Å². The highest BCUT2D eigenvalue weighted by atomic mass is 32.2. The fraction of sp³-hybridized carbons (Fsp3) is 0.375. The Morgan fingerprint density at radius 3 is 2.62 bits per heavy atom. The lowest BCUT2D eigenvalue weighted by Gasteiger charge is -2.32. The van der Waals surface area contributed by atoms with Crippen molar-refractivity contribution in [1.29, 1.82) is 0 Å². The number of nitro groups is 1. The zero-order valence-electron chi connectivity index (χ0n) is 14.0. The zero-order valence-corrected chi connectivity index (χ0v) is 14.8. The van der Waals surface area contributed by atoms with E-state index in [9.17, 15) is 18.5 Å². The highest BCUT2D eigenvalue weighted by Gasteiger charge is 2.27. The number of aromatic nitrogens is 2. The number of nitrogens with zero attached hydrogens (tertiary/aromatic N) is 4. The maximum atomic E-state index is 12.4. The summed E-state index contributed by atoms with van der Waals surface area (Å²) in [5.41, 5.74) is -0.419. The average Bonchev–Trinajstić information content (AvgIpc) is 2.67. The second kappa shape index (κ2) is 7.75. The minimum absolute atomic E-state index is 0.167. The van der Waals surface area contributed by atoms with Crippen molar-refractivity contribution in [1.82, 2.24) is 14.7 Å². The fourth-order valence-electron chi connectivity index (χ4n) is 2.96. The first-order chi connectivity index (χ1) is 12.5. The van der Waals surface area contributed by atoms with Gasteiger partial charge in [-0.05, 0) is 24.8 Å². The number of nitrogens with one attached hydrogen (secondary N) is 1. The molecule has 0 spiro atoms. The molecule has 1 aromatic carbocycles. The summed E-state index contributed by atoms with van der Waals surface area (Å²) < 4.78 is 27.4. The molecule has 1 N–H and O–H groups in total. The molecule has 138 valence electrons. The van der Waals surface area contributed by atoms with Gasteiger partial charge in [0.05, 0.1) is 11.1 Å². The van der Waals surface area contributed by atoms with E-state index in [1.165, 1.54) is 24.3 Å². The molecule has 1 fully saturated rings. The number of rotatable bonds is 6. The van der Waals surface area contributed by atoms with E-state index in [0.29, 0.717) is 0 Å². The molecule has 26 heavy (non-hydrogen) atoms. The third-order valence-corrected chi connectivity index (χ3v) is 5.87. The van der Waals surface area contributed by atoms with Crippen LogP contribution in [0.5, 0.6) is 0 Å². The van der Waals surface area contributed by atoms with Gasteiger partial charge in [0, 0.05) is 38.1 Å². The summed E-state index contributed by atoms with van der Waals surface area (Å²) in [6.45, 7) is 1.77. The Labute approximate surface area is 151 Å². The van der Waals surface area contributed by atoms with Gasteiger partial charge in [0.1, 0.15) is 5.82 Å². The van der Waals surface area contributed by atoms with Gasteiger partial charge in [0.15, 0.2) is 4.90 Å². The van der Waals surface area contributed by atoms with Crippen molar-refractivity contribution in [2.45, 2.75) is 17.7 Å². The van der Waals surface area contributed by atoms with E-state index >= 15 is 0 Å². The van der Waals surface area contributed by atoms with Crippen LogP contribution in [0.1, 0.15) is 12.8 Å². The summed E-state index contributed by atoms with van der Waals surface area (Å²) in [5, 5.41) is 11.0. The Bertz CT molecular complexity index is 867. The van der Waals surface area contributed by atoms with E-state index in [4.69, 9.17) is 0 Å². The summed E-state index contributed by atoms with van der Waals surface area (Å²) in [6.07, 6.45) is 6.57. The van der Waals surface area contributed by atoms with E-state index in [0.717, 1.165) is 31.7 Å². The van der Waals surface area contributed by atoms with E-state index in [1.54, 1.807) is 18.6 Å². The van der Waals surface area contributed by atoms with Gasteiger partial charge < -0.3 is 4.90 Å². The molecule has 3 rings (SSSR count). The molecule has 9 nitrogen and oxygen atoms in total. The molecule has 1 aliphatic rings. The number of nitro benzene ring substituents is 1. The normalized spacial score (nSPS) is 15.8. The number of hydrogen-bond acceptors (Lipinski definition) is 7. The van der Waals surface area contributed by atoms with Crippen molar-refractivity contribution in [3.63, 3.8) is 0 Å². The van der Waals surface area contributed by atoms with E-state index in [1.807, 2.05) is 0 Å². The second-order valence-electron chi connectivity index (χ2n) is 6.07. The summed E-state index contributed by atoms with van der Waals surface area (Å²) >= 11 is 0. The standard InChI is InChI=1S/C16H19N5O4S/c22-21(23)14-3-1-2-4-15(14)26(24,25)19-11-13-5-9-20(10-6-13)16-12-17-7-8-18-16/h1-4,7-8,12-13,19H,5-6,9-11H2. The number of para-hydroxylation sites is 1. The van der Waals surface area contributed by atoms with Crippen LogP contribution >= 0.6 is 0 Å². The zero-order chi connectivity index (χ0) is 18.6. The first-order valence-corrected chi connectivity index (χ1v) is 9.70. The van der Waals surface area contributed by atoms with Crippen molar-refractivity contribution in [3.8, 4) is 0 Å². The topological polar surface area (TPSA) is 118 Å². The molecular formula is C16H19N5O4S. The van der Waals surface area contributed by atoms with Gasteiger partial charge >= 0.3 is 0 Å². The Balaban J connectivity index is 1.59. The third kappa shape index (κ3) is 4.14. The molecule has 1 saturated heterocycles. The molecule has 0 atom stereocenters. The number of benzene rings is 1. The maximum absolute atomic E-state index is 12.4. The van der Waals surface area contributed by atoms with Crippen LogP contribution in [0, 0.1) is 16.0 Å². The Morgan fingerprint density at radius 2 is 1.96 bits per heavy atom. The van der Waals surface area contributed by atoms with Gasteiger partial charge in [-0.1, -0.05) is 12.1 Å². The molecule has 0 aliphatic carbocycles. The van der Waals surface area contributed by atoms with Gasteiger partial charge in [0.25, 0.3) is 5.69 Å². The molecule has 10 heteroatoms. The number of anilines is 1. The Hall–Kier alpha value is -2.59. The largest absolute Gasteiger partial charge is 0.355 e. The summed E-state index contributed by atoms with van der Waals surface area (Å²) in [7, 11) is -3.93. The third-order valence-electron chi connectivity index (χ3n) is 4.40. The van der Waals surface area contributed by atoms with Crippen LogP contribution in [0.3, 0.4) is 0 Å². The molecule has 0 saturated carbocycles. The highest BCUT2D eigenvalue weighted by Crippen LogP contribution is 2.24. The summed E-state index contributed by atoms with van der Waals surface area (Å²) in [5.74, 6) is 0.979. The lowest BCUT2D eigenvalue weighted by atomic mass is 9.97. The predicted molar refractivity (Wildman–Crippen MR) is 95.3 cm³/mol. The smallest absolute Gasteiger partial charge is 0.289 e. The molecule has 2 heterocycles. The summed E-state index contributed by atoms with van der Waals surface area (Å²) in [4.78, 5) is 20.5. The van der Waals surface area contributed by atoms with Crippen molar-refractivity contribution in [3.05, 3.63) is 53.0 Å². The lowest BCUT2D eigenvalue weighted by molar-refractivity contribution is -0.387. The first kappa shape index (κ1) is 18.2. The fourth-order valence-corrected chi connectivity index (χ4v) is 4.25. The lowest BCUT2D eigenvalue weighted by Crippen LogP contribution is -2.39. The Kier molecular flexibility index (Phi) is 5.43. The minimum Gasteiger partial charge on any atom is -0.355 e. The minimum atomic E-state index is -3.93. The molecule has 0 bridgehead atoms. The number of hydrogen-bond donors (Lipinski definition) is 1. The van der Waals surface area contributed by atoms with Crippen LogP contribution in [-0.4, -0.2) is 42.9 Å². The average molecular weight is 377 g/mol. The predicted octanol–water partition coefficient (Wildman–Crippen LogP) is 1.58. The van der Waals surface area contributed by atoms with Crippen LogP contribution in [0.15, 0.2) is 47.8 Å². The van der Waals surface area contributed by atoms with Gasteiger partial charge in [-0.25, -0.2) is 18.1 Å². The maximum Gasteiger partial charge on any atom is 0.289 e. The van der Waals surface area contributed by atoms with Crippen molar-refractivity contribution < 1.29 is 13.3 Å². The SMILES string of the molecule is O=[N+]([O-])c1ccccc1S(=O)(=O)NCC1CCN(c2cnccn2)CC1. The molecule has 0 unspecified atom stereocenters. The molecule has 0 radical (unpaired) electrons. The van der Waals surface area contributed by atoms with E-state index < -0.39 is 20.6 Å². The summed E-state index contributed by atoms with van der Waals surface area (Å²) in [6, 6.07) is 5.35. The van der Waals surface area contributed by atoms with Crippen molar-refractivity contribution in [2.75, 3.05) is 24.5 Å². The van der Waals surface area contributed by atoms with E-state index in [-0.39, 0.29) is 17.4 Å². The van der Waals surface area contributed by atoms with Crippen LogP contribution in [0.2, 0.25) is 0 Å². The Morgan fingerprint density at radius 1 is 1.23 bits per heavy atom. The highest BCUT2D eigenvalue weighted by molar-refractivity contribution is 7.89. The van der Waals surface area contributed by atoms with Gasteiger partial charge in [0.2, 0.25) is 10.0 Å². The number of piperidine rings is 1. The molecule has 1 aromatic heterocycles. The van der Waals surface area contributed by atoms with Crippen molar-refractivity contribution >= 4 is 21.5 Å². The molecule has 1 aliphatic heterocycles. The van der Waals surface area contributed by atoms with Crippen LogP contribution in [0.4, 0.5) is 11.5 Å². The van der Waals surface area contributed by atoms with Crippen LogP contribution < -0.4 is 9.62 Å². The van der Waals surface area contributed by atoms with Gasteiger partial charge in [-0.3, -0.25) is 15.1 Å². The second-order valence-corrected chi connectivity index (χ2v) is 7.81. The quantitative estimate of drug-likeness (QED) is 0.599. The molecule has 0 amide bonds. The van der Waals surface area contributed by atoms with Gasteiger partial charge in [-0.2, -0.15) is 0 Å². The van der Waals surface area contributed by atoms with Crippen LogP contribution in [-0.2, 0) is 10.0 Å². The monoisotopic (exact) mass is 377 g/mol. The molecule has 2 aromatic rings. The number of sulfonamides is 1. The molecular weight excluding hydrogens is 358 g/mol. The van der Waals surface area contributed by atoms with Crippen LogP contribution in [0.25, 0.3) is 0 Å². The van der Waals surface area contributed by atoms with Gasteiger partial charge in [-0.15, -0.1) is 0 Å². The first-order valence-electron chi connectivity index (χ1n) is 8.21.